The van der Waals surface area contributed by atoms with Crippen LogP contribution in [0.25, 0.3) is 11.4 Å². The second kappa shape index (κ2) is 9.95. The molecule has 0 spiro atoms. The number of anilines is 1. The number of halogens is 1. The van der Waals surface area contributed by atoms with E-state index in [2.05, 4.69) is 36.1 Å². The van der Waals surface area contributed by atoms with Gasteiger partial charge >= 0.3 is 0 Å². The number of aromatic nitrogens is 2. The molecule has 0 aliphatic carbocycles. The molecule has 7 heteroatoms. The maximum Gasteiger partial charge on any atom is 0.264 e. The van der Waals surface area contributed by atoms with Gasteiger partial charge < -0.3 is 9.80 Å². The largest absolute Gasteiger partial charge is 0.353 e. The average molecular weight is 489 g/mol. The molecule has 172 valence electrons. The number of benzene rings is 2. The normalized spacial score (nSPS) is 13.8. The van der Waals surface area contributed by atoms with Crippen molar-refractivity contribution >= 4 is 34.7 Å². The Morgan fingerprint density at radius 1 is 0.941 bits per heavy atom. The average Bonchev–Trinajstić information content (AvgIpc) is 3.41. The number of carbonyl (C=O) groups excluding carboxylic acids is 1. The van der Waals surface area contributed by atoms with Gasteiger partial charge in [-0.15, -0.1) is 11.3 Å². The van der Waals surface area contributed by atoms with Crippen LogP contribution in [0.2, 0.25) is 5.02 Å². The first-order valence-corrected chi connectivity index (χ1v) is 12.6. The summed E-state index contributed by atoms with van der Waals surface area (Å²) in [6.45, 7) is 4.85. The van der Waals surface area contributed by atoms with E-state index in [0.29, 0.717) is 23.9 Å². The molecule has 5 rings (SSSR count). The third-order valence-electron chi connectivity index (χ3n) is 6.12. The van der Waals surface area contributed by atoms with E-state index >= 15 is 0 Å². The Balaban J connectivity index is 1.46. The van der Waals surface area contributed by atoms with Gasteiger partial charge in [-0.05, 0) is 48.2 Å². The molecule has 0 atom stereocenters. The van der Waals surface area contributed by atoms with Gasteiger partial charge in [0.25, 0.3) is 5.91 Å². The second-order valence-corrected chi connectivity index (χ2v) is 9.74. The number of thiophene rings is 1. The van der Waals surface area contributed by atoms with Crippen molar-refractivity contribution < 1.29 is 4.79 Å². The fraction of sp³-hybridized carbons (Fsp3) is 0.222. The first-order valence-electron chi connectivity index (χ1n) is 11.3. The molecule has 0 N–H and O–H groups in total. The van der Waals surface area contributed by atoms with Crippen molar-refractivity contribution in [3.63, 3.8) is 0 Å². The first-order chi connectivity index (χ1) is 16.6. The van der Waals surface area contributed by atoms with Crippen LogP contribution in [0.15, 0.2) is 72.1 Å². The highest BCUT2D eigenvalue weighted by molar-refractivity contribution is 7.12. The number of hydrogen-bond donors (Lipinski definition) is 0. The summed E-state index contributed by atoms with van der Waals surface area (Å²) in [4.78, 5) is 27.7. The van der Waals surface area contributed by atoms with Crippen molar-refractivity contribution in [1.82, 2.24) is 14.9 Å². The van der Waals surface area contributed by atoms with Crippen LogP contribution in [0.5, 0.6) is 0 Å². The van der Waals surface area contributed by atoms with E-state index in [1.807, 2.05) is 52.7 Å². The van der Waals surface area contributed by atoms with Gasteiger partial charge in [0.2, 0.25) is 0 Å². The predicted molar refractivity (Wildman–Crippen MR) is 139 cm³/mol. The Hall–Kier alpha value is -3.22. The van der Waals surface area contributed by atoms with Gasteiger partial charge in [-0.25, -0.2) is 9.97 Å². The van der Waals surface area contributed by atoms with E-state index in [0.717, 1.165) is 47.0 Å². The summed E-state index contributed by atoms with van der Waals surface area (Å²) in [6.07, 6.45) is 0.761. The van der Waals surface area contributed by atoms with Crippen LogP contribution in [0, 0.1) is 6.92 Å². The van der Waals surface area contributed by atoms with Gasteiger partial charge in [0, 0.05) is 54.4 Å². The predicted octanol–water partition coefficient (Wildman–Crippen LogP) is 5.72. The summed E-state index contributed by atoms with van der Waals surface area (Å²) in [5, 5.41) is 2.63. The first kappa shape index (κ1) is 22.6. The molecule has 2 aromatic heterocycles. The number of piperazine rings is 1. The molecule has 0 radical (unpaired) electrons. The number of rotatable bonds is 5. The zero-order valence-corrected chi connectivity index (χ0v) is 20.5. The molecule has 1 aliphatic heterocycles. The minimum absolute atomic E-state index is 0.111. The summed E-state index contributed by atoms with van der Waals surface area (Å²) in [5.41, 5.74) is 4.26. The second-order valence-electron chi connectivity index (χ2n) is 8.36. The maximum atomic E-state index is 12.8. The van der Waals surface area contributed by atoms with E-state index in [-0.39, 0.29) is 5.91 Å². The SMILES string of the molecule is Cc1nc(-c2ccc(Cl)cc2)nc(N2CCN(C(=O)c3cccs3)CC2)c1Cc1ccccc1. The highest BCUT2D eigenvalue weighted by Gasteiger charge is 2.26. The lowest BCUT2D eigenvalue weighted by Gasteiger charge is -2.36. The molecule has 0 unspecified atom stereocenters. The van der Waals surface area contributed by atoms with Crippen LogP contribution < -0.4 is 4.90 Å². The summed E-state index contributed by atoms with van der Waals surface area (Å²) in [6, 6.07) is 21.9. The Kier molecular flexibility index (Phi) is 6.61. The fourth-order valence-electron chi connectivity index (χ4n) is 4.25. The van der Waals surface area contributed by atoms with E-state index < -0.39 is 0 Å². The lowest BCUT2D eigenvalue weighted by atomic mass is 10.0. The van der Waals surface area contributed by atoms with Crippen molar-refractivity contribution in [1.29, 1.82) is 0 Å². The van der Waals surface area contributed by atoms with Crippen molar-refractivity contribution in [3.05, 3.63) is 98.8 Å². The summed E-state index contributed by atoms with van der Waals surface area (Å²) < 4.78 is 0. The van der Waals surface area contributed by atoms with Gasteiger partial charge in [-0.2, -0.15) is 0 Å². The molecule has 0 bridgehead atoms. The Morgan fingerprint density at radius 3 is 2.35 bits per heavy atom. The molecule has 5 nitrogen and oxygen atoms in total. The maximum absolute atomic E-state index is 12.8. The molecule has 4 aromatic rings. The van der Waals surface area contributed by atoms with E-state index in [4.69, 9.17) is 21.6 Å². The van der Waals surface area contributed by atoms with Crippen LogP contribution in [0.1, 0.15) is 26.5 Å². The van der Waals surface area contributed by atoms with Crippen molar-refractivity contribution in [2.45, 2.75) is 13.3 Å². The summed E-state index contributed by atoms with van der Waals surface area (Å²) in [7, 11) is 0. The smallest absolute Gasteiger partial charge is 0.264 e. The quantitative estimate of drug-likeness (QED) is 0.360. The number of amides is 1. The van der Waals surface area contributed by atoms with Gasteiger partial charge in [-0.1, -0.05) is 48.0 Å². The van der Waals surface area contributed by atoms with Crippen LogP contribution >= 0.6 is 22.9 Å². The van der Waals surface area contributed by atoms with Crippen LogP contribution in [-0.4, -0.2) is 47.0 Å². The topological polar surface area (TPSA) is 49.3 Å². The molecule has 1 aliphatic rings. The third kappa shape index (κ3) is 4.83. The molecule has 34 heavy (non-hydrogen) atoms. The minimum Gasteiger partial charge on any atom is -0.353 e. The molecular weight excluding hydrogens is 464 g/mol. The Labute approximate surface area is 208 Å². The van der Waals surface area contributed by atoms with Gasteiger partial charge in [0.1, 0.15) is 5.82 Å². The Bertz CT molecular complexity index is 1270. The van der Waals surface area contributed by atoms with Crippen LogP contribution in [-0.2, 0) is 6.42 Å². The van der Waals surface area contributed by atoms with E-state index in [1.165, 1.54) is 16.9 Å². The molecule has 3 heterocycles. The molecule has 1 fully saturated rings. The Morgan fingerprint density at radius 2 is 1.68 bits per heavy atom. The standard InChI is InChI=1S/C27H25ClN4OS/c1-19-23(18-20-6-3-2-4-7-20)26(30-25(29-19)21-9-11-22(28)12-10-21)31-13-15-32(16-14-31)27(33)24-8-5-17-34-24/h2-12,17H,13-16,18H2,1H3. The third-order valence-corrected chi connectivity index (χ3v) is 7.23. The molecule has 2 aromatic carbocycles. The minimum atomic E-state index is 0.111. The van der Waals surface area contributed by atoms with Gasteiger partial charge in [-0.3, -0.25) is 4.79 Å². The highest BCUT2D eigenvalue weighted by Crippen LogP contribution is 2.29. The van der Waals surface area contributed by atoms with Gasteiger partial charge in [0.15, 0.2) is 5.82 Å². The van der Waals surface area contributed by atoms with Crippen molar-refractivity contribution in [3.8, 4) is 11.4 Å². The lowest BCUT2D eigenvalue weighted by molar-refractivity contribution is 0.0751. The number of aryl methyl sites for hydroxylation is 1. The van der Waals surface area contributed by atoms with E-state index in [9.17, 15) is 4.79 Å². The fourth-order valence-corrected chi connectivity index (χ4v) is 5.07. The van der Waals surface area contributed by atoms with E-state index in [1.54, 1.807) is 0 Å². The number of carbonyl (C=O) groups is 1. The van der Waals surface area contributed by atoms with Crippen LogP contribution in [0.3, 0.4) is 0 Å². The zero-order valence-electron chi connectivity index (χ0n) is 18.9. The summed E-state index contributed by atoms with van der Waals surface area (Å²) >= 11 is 7.59. The number of nitrogens with zero attached hydrogens (tertiary/aromatic N) is 4. The highest BCUT2D eigenvalue weighted by atomic mass is 35.5. The summed E-state index contributed by atoms with van der Waals surface area (Å²) in [5.74, 6) is 1.75. The van der Waals surface area contributed by atoms with Gasteiger partial charge in [0.05, 0.1) is 4.88 Å². The molecular formula is C27H25ClN4OS. The van der Waals surface area contributed by atoms with Crippen LogP contribution in [0.4, 0.5) is 5.82 Å². The lowest BCUT2D eigenvalue weighted by Crippen LogP contribution is -2.49. The monoisotopic (exact) mass is 488 g/mol. The molecule has 1 amide bonds. The number of hydrogen-bond acceptors (Lipinski definition) is 5. The zero-order chi connectivity index (χ0) is 23.5. The molecule has 0 saturated carbocycles. The van der Waals surface area contributed by atoms with Crippen molar-refractivity contribution in [2.75, 3.05) is 31.1 Å². The van der Waals surface area contributed by atoms with Crippen molar-refractivity contribution in [2.24, 2.45) is 0 Å². The molecule has 1 saturated heterocycles.